The highest BCUT2D eigenvalue weighted by atomic mass is 16.5. The first-order chi connectivity index (χ1) is 9.54. The molecule has 0 saturated carbocycles. The molecule has 0 spiro atoms. The molecule has 0 bridgehead atoms. The van der Waals surface area contributed by atoms with Gasteiger partial charge in [-0.3, -0.25) is 4.90 Å². The highest BCUT2D eigenvalue weighted by Crippen LogP contribution is 2.18. The third kappa shape index (κ3) is 4.37. The Balaban J connectivity index is 1.74. The van der Waals surface area contributed by atoms with E-state index >= 15 is 0 Å². The Bertz CT molecular complexity index is 427. The van der Waals surface area contributed by atoms with Gasteiger partial charge in [-0.1, -0.05) is 13.0 Å². The van der Waals surface area contributed by atoms with Gasteiger partial charge in [-0.05, 0) is 31.0 Å². The largest absolute Gasteiger partial charge is 0.491 e. The minimum atomic E-state index is -0.572. The number of β-amino-alcohol motifs (C(OH)–C–C–N with tert-alkyl or cyclic N) is 2. The van der Waals surface area contributed by atoms with Gasteiger partial charge in [0, 0.05) is 24.8 Å². The second kappa shape index (κ2) is 6.92. The van der Waals surface area contributed by atoms with Crippen molar-refractivity contribution in [3.8, 4) is 5.75 Å². The zero-order valence-electron chi connectivity index (χ0n) is 11.9. The van der Waals surface area contributed by atoms with Crippen molar-refractivity contribution in [2.24, 2.45) is 5.92 Å². The topological polar surface area (TPSA) is 79.0 Å². The molecule has 5 heteroatoms. The molecule has 0 radical (unpaired) electrons. The third-order valence-electron chi connectivity index (χ3n) is 3.77. The number of aliphatic hydroxyl groups excluding tert-OH is 2. The van der Waals surface area contributed by atoms with Crippen LogP contribution in [0.4, 0.5) is 5.69 Å². The fourth-order valence-corrected chi connectivity index (χ4v) is 2.43. The van der Waals surface area contributed by atoms with Gasteiger partial charge < -0.3 is 20.7 Å². The Hall–Kier alpha value is -1.30. The summed E-state index contributed by atoms with van der Waals surface area (Å²) < 4.78 is 5.52. The first-order valence-electron chi connectivity index (χ1n) is 7.11. The van der Waals surface area contributed by atoms with Crippen molar-refractivity contribution in [2.75, 3.05) is 32.0 Å². The lowest BCUT2D eigenvalue weighted by atomic mass is 9.96. The van der Waals surface area contributed by atoms with Crippen molar-refractivity contribution >= 4 is 5.69 Å². The summed E-state index contributed by atoms with van der Waals surface area (Å²) in [5.41, 5.74) is 6.31. The first-order valence-corrected chi connectivity index (χ1v) is 7.11. The molecule has 3 atom stereocenters. The van der Waals surface area contributed by atoms with Crippen LogP contribution in [0.5, 0.6) is 5.75 Å². The second-order valence-electron chi connectivity index (χ2n) is 5.63. The summed E-state index contributed by atoms with van der Waals surface area (Å²) in [6.45, 7) is 4.34. The Labute approximate surface area is 120 Å². The molecule has 0 aliphatic carbocycles. The summed E-state index contributed by atoms with van der Waals surface area (Å²) in [6, 6.07) is 7.16. The van der Waals surface area contributed by atoms with E-state index in [2.05, 4.69) is 11.8 Å². The molecule has 2 rings (SSSR count). The lowest BCUT2D eigenvalue weighted by Crippen LogP contribution is -2.46. The SMILES string of the molecule is CC1CCN(CC(O)COc2cccc(N)c2)CC1O. The molecule has 20 heavy (non-hydrogen) atoms. The maximum atomic E-state index is 10.0. The highest BCUT2D eigenvalue weighted by molar-refractivity contribution is 5.43. The summed E-state index contributed by atoms with van der Waals surface area (Å²) in [6.07, 6.45) is 0.0899. The molecule has 5 nitrogen and oxygen atoms in total. The first kappa shape index (κ1) is 15.1. The van der Waals surface area contributed by atoms with E-state index in [4.69, 9.17) is 10.5 Å². The van der Waals surface area contributed by atoms with Crippen LogP contribution < -0.4 is 10.5 Å². The fourth-order valence-electron chi connectivity index (χ4n) is 2.43. The minimum Gasteiger partial charge on any atom is -0.491 e. The molecule has 112 valence electrons. The molecular formula is C15H24N2O3. The van der Waals surface area contributed by atoms with Gasteiger partial charge in [0.15, 0.2) is 0 Å². The van der Waals surface area contributed by atoms with Crippen LogP contribution >= 0.6 is 0 Å². The number of likely N-dealkylation sites (tertiary alicyclic amines) is 1. The van der Waals surface area contributed by atoms with Gasteiger partial charge in [0.1, 0.15) is 18.5 Å². The maximum Gasteiger partial charge on any atom is 0.121 e. The van der Waals surface area contributed by atoms with Crippen molar-refractivity contribution in [1.82, 2.24) is 4.90 Å². The predicted octanol–water partition coefficient (Wildman–Crippen LogP) is 0.711. The predicted molar refractivity (Wildman–Crippen MR) is 78.6 cm³/mol. The molecule has 1 aromatic rings. The van der Waals surface area contributed by atoms with Gasteiger partial charge in [-0.15, -0.1) is 0 Å². The maximum absolute atomic E-state index is 10.0. The molecule has 1 saturated heterocycles. The minimum absolute atomic E-state index is 0.228. The van der Waals surface area contributed by atoms with Crippen molar-refractivity contribution in [3.63, 3.8) is 0 Å². The third-order valence-corrected chi connectivity index (χ3v) is 3.77. The van der Waals surface area contributed by atoms with Crippen LogP contribution in [-0.2, 0) is 0 Å². The molecule has 1 aliphatic rings. The lowest BCUT2D eigenvalue weighted by molar-refractivity contribution is 0.000146. The van der Waals surface area contributed by atoms with E-state index in [1.165, 1.54) is 0 Å². The van der Waals surface area contributed by atoms with E-state index in [0.717, 1.165) is 13.0 Å². The molecule has 1 aliphatic heterocycles. The molecular weight excluding hydrogens is 256 g/mol. The standard InChI is InChI=1S/C15H24N2O3/c1-11-5-6-17(9-15(11)19)8-13(18)10-20-14-4-2-3-12(16)7-14/h2-4,7,11,13,15,18-19H,5-6,8-10,16H2,1H3. The number of piperidine rings is 1. The number of nitrogen functional groups attached to an aromatic ring is 1. The van der Waals surface area contributed by atoms with E-state index < -0.39 is 6.10 Å². The van der Waals surface area contributed by atoms with E-state index in [1.807, 2.05) is 12.1 Å². The summed E-state index contributed by atoms with van der Waals surface area (Å²) in [7, 11) is 0. The lowest BCUT2D eigenvalue weighted by Gasteiger charge is -2.35. The van der Waals surface area contributed by atoms with Crippen molar-refractivity contribution < 1.29 is 14.9 Å². The number of benzene rings is 1. The van der Waals surface area contributed by atoms with Gasteiger partial charge in [-0.2, -0.15) is 0 Å². The normalized spacial score (nSPS) is 25.4. The highest BCUT2D eigenvalue weighted by Gasteiger charge is 2.25. The molecule has 1 fully saturated rings. The zero-order chi connectivity index (χ0) is 14.5. The molecule has 3 unspecified atom stereocenters. The number of nitrogens with zero attached hydrogens (tertiary/aromatic N) is 1. The summed E-state index contributed by atoms with van der Waals surface area (Å²) >= 11 is 0. The van der Waals surface area contributed by atoms with Gasteiger partial charge in [0.2, 0.25) is 0 Å². The molecule has 0 amide bonds. The number of nitrogens with two attached hydrogens (primary N) is 1. The van der Waals surface area contributed by atoms with Crippen LogP contribution in [0.2, 0.25) is 0 Å². The second-order valence-corrected chi connectivity index (χ2v) is 5.63. The zero-order valence-corrected chi connectivity index (χ0v) is 11.9. The average molecular weight is 280 g/mol. The van der Waals surface area contributed by atoms with Crippen LogP contribution in [0, 0.1) is 5.92 Å². The number of ether oxygens (including phenoxy) is 1. The van der Waals surface area contributed by atoms with Crippen LogP contribution in [0.3, 0.4) is 0 Å². The molecule has 1 aromatic carbocycles. The molecule has 1 heterocycles. The van der Waals surface area contributed by atoms with Crippen molar-refractivity contribution in [3.05, 3.63) is 24.3 Å². The summed E-state index contributed by atoms with van der Waals surface area (Å²) in [5.74, 6) is 1.00. The van der Waals surface area contributed by atoms with E-state index in [9.17, 15) is 10.2 Å². The summed E-state index contributed by atoms with van der Waals surface area (Å²) in [4.78, 5) is 2.08. The van der Waals surface area contributed by atoms with Gasteiger partial charge in [0.25, 0.3) is 0 Å². The Kier molecular flexibility index (Phi) is 5.23. The number of hydrogen-bond acceptors (Lipinski definition) is 5. The number of hydrogen-bond donors (Lipinski definition) is 3. The smallest absolute Gasteiger partial charge is 0.121 e. The van der Waals surface area contributed by atoms with Crippen molar-refractivity contribution in [2.45, 2.75) is 25.6 Å². The van der Waals surface area contributed by atoms with E-state index in [0.29, 0.717) is 30.4 Å². The Morgan fingerprint density at radius 3 is 3.00 bits per heavy atom. The Morgan fingerprint density at radius 2 is 2.30 bits per heavy atom. The van der Waals surface area contributed by atoms with Crippen LogP contribution in [-0.4, -0.2) is 53.6 Å². The monoisotopic (exact) mass is 280 g/mol. The van der Waals surface area contributed by atoms with Crippen LogP contribution in [0.1, 0.15) is 13.3 Å². The Morgan fingerprint density at radius 1 is 1.50 bits per heavy atom. The fraction of sp³-hybridized carbons (Fsp3) is 0.600. The number of aliphatic hydroxyl groups is 2. The van der Waals surface area contributed by atoms with Crippen LogP contribution in [0.15, 0.2) is 24.3 Å². The number of rotatable bonds is 5. The van der Waals surface area contributed by atoms with Gasteiger partial charge >= 0.3 is 0 Å². The number of anilines is 1. The summed E-state index contributed by atoms with van der Waals surface area (Å²) in [5, 5.41) is 19.8. The molecule has 0 aromatic heterocycles. The average Bonchev–Trinajstić information content (AvgIpc) is 2.41. The molecule has 4 N–H and O–H groups in total. The van der Waals surface area contributed by atoms with Gasteiger partial charge in [-0.25, -0.2) is 0 Å². The quantitative estimate of drug-likeness (QED) is 0.692. The van der Waals surface area contributed by atoms with Crippen molar-refractivity contribution in [1.29, 1.82) is 0 Å². The van der Waals surface area contributed by atoms with Gasteiger partial charge in [0.05, 0.1) is 6.10 Å². The van der Waals surface area contributed by atoms with E-state index in [1.54, 1.807) is 12.1 Å². The van der Waals surface area contributed by atoms with Crippen LogP contribution in [0.25, 0.3) is 0 Å². The van der Waals surface area contributed by atoms with E-state index in [-0.39, 0.29) is 12.7 Å².